The monoisotopic (exact) mass is 1040 g/mol. The molecule has 76 heavy (non-hydrogen) atoms. The number of alkyl halides is 12. The average Bonchev–Trinajstić information content (AvgIpc) is 4.20. The van der Waals surface area contributed by atoms with Gasteiger partial charge in [0.25, 0.3) is 0 Å². The quantitative estimate of drug-likeness (QED) is 0.165. The summed E-state index contributed by atoms with van der Waals surface area (Å²) in [7, 11) is 0. The van der Waals surface area contributed by atoms with Crippen LogP contribution in [0.25, 0.3) is 110 Å². The summed E-state index contributed by atoms with van der Waals surface area (Å²) in [6.07, 6.45) is -19.8. The Morgan fingerprint density at radius 2 is 0.539 bits per heavy atom. The highest BCUT2D eigenvalue weighted by Crippen LogP contribution is 2.48. The summed E-state index contributed by atoms with van der Waals surface area (Å²) in [4.78, 5) is 5.43. The van der Waals surface area contributed by atoms with Crippen LogP contribution in [0, 0.1) is 11.3 Å². The van der Waals surface area contributed by atoms with Crippen molar-refractivity contribution in [1.29, 1.82) is 5.26 Å². The second kappa shape index (κ2) is 15.9. The predicted molar refractivity (Wildman–Crippen MR) is 266 cm³/mol. The minimum Gasteiger partial charge on any atom is -0.305 e. The van der Waals surface area contributed by atoms with Crippen molar-refractivity contribution < 1.29 is 52.7 Å². The molecule has 0 radical (unpaired) electrons. The van der Waals surface area contributed by atoms with Gasteiger partial charge in [0.05, 0.1) is 66.4 Å². The molecule has 0 aliphatic heterocycles. The lowest BCUT2D eigenvalue weighted by Crippen LogP contribution is -2.16. The Hall–Kier alpha value is -9.24. The summed E-state index contributed by atoms with van der Waals surface area (Å²) < 4.78 is 182. The van der Waals surface area contributed by atoms with E-state index in [0.717, 1.165) is 72.8 Å². The number of hydrogen-bond donors (Lipinski definition) is 0. The molecule has 374 valence electrons. The van der Waals surface area contributed by atoms with E-state index in [2.05, 4.69) is 6.07 Å². The summed E-state index contributed by atoms with van der Waals surface area (Å²) >= 11 is 0. The smallest absolute Gasteiger partial charge is 0.305 e. The molecule has 5 aromatic heterocycles. The van der Waals surface area contributed by atoms with E-state index < -0.39 is 47.0 Å². The van der Waals surface area contributed by atoms with E-state index >= 15 is 0 Å². The SMILES string of the molecule is N#Cc1c(-n2c3ccccc3c3ccccc32)c(-n2c3ccc(C(F)(F)F)cc3c3cc(C(F)(F)F)ccc32)nc(-n2c3ccc(C(F)(F)F)cc3c3cc(C(F)(F)F)ccc32)c1-n1c2ccccc2c2ccccc21. The summed E-state index contributed by atoms with van der Waals surface area (Å²) in [5.41, 5.74) is -3.44. The number of benzene rings is 8. The van der Waals surface area contributed by atoms with Crippen molar-refractivity contribution in [2.45, 2.75) is 24.7 Å². The van der Waals surface area contributed by atoms with Gasteiger partial charge < -0.3 is 9.13 Å². The molecule has 6 nitrogen and oxygen atoms in total. The number of para-hydroxylation sites is 4. The number of pyridine rings is 1. The predicted octanol–water partition coefficient (Wildman–Crippen LogP) is 17.4. The molecule has 0 spiro atoms. The molecule has 13 rings (SSSR count). The van der Waals surface area contributed by atoms with Crippen molar-refractivity contribution in [2.75, 3.05) is 0 Å². The topological polar surface area (TPSA) is 56.4 Å². The van der Waals surface area contributed by atoms with Crippen LogP contribution >= 0.6 is 0 Å². The molecular weight excluding hydrogens is 1010 g/mol. The molecular formula is C58H28F12N6. The third-order valence-corrected chi connectivity index (χ3v) is 14.1. The summed E-state index contributed by atoms with van der Waals surface area (Å²) in [6, 6.07) is 41.1. The van der Waals surface area contributed by atoms with Gasteiger partial charge in [0.1, 0.15) is 23.0 Å². The number of nitrogens with zero attached hydrogens (tertiary/aromatic N) is 6. The van der Waals surface area contributed by atoms with Gasteiger partial charge in [0.15, 0.2) is 11.6 Å². The molecule has 18 heteroatoms. The first-order chi connectivity index (χ1) is 36.2. The van der Waals surface area contributed by atoms with Crippen LogP contribution < -0.4 is 0 Å². The van der Waals surface area contributed by atoms with E-state index in [4.69, 9.17) is 4.98 Å². The number of hydrogen-bond acceptors (Lipinski definition) is 2. The van der Waals surface area contributed by atoms with E-state index in [9.17, 15) is 57.9 Å². The maximum absolute atomic E-state index is 14.6. The van der Waals surface area contributed by atoms with Gasteiger partial charge in [0, 0.05) is 43.1 Å². The summed E-state index contributed by atoms with van der Waals surface area (Å²) in [5, 5.41) is 13.7. The third-order valence-electron chi connectivity index (χ3n) is 14.1. The highest BCUT2D eigenvalue weighted by molar-refractivity contribution is 6.15. The van der Waals surface area contributed by atoms with Crippen LogP contribution in [0.2, 0.25) is 0 Å². The van der Waals surface area contributed by atoms with E-state index in [-0.39, 0.29) is 72.2 Å². The van der Waals surface area contributed by atoms with Crippen LogP contribution in [0.1, 0.15) is 27.8 Å². The molecule has 0 atom stereocenters. The molecule has 0 aliphatic rings. The van der Waals surface area contributed by atoms with Crippen LogP contribution in [0.15, 0.2) is 170 Å². The first kappa shape index (κ1) is 46.5. The highest BCUT2D eigenvalue weighted by atomic mass is 19.4. The van der Waals surface area contributed by atoms with Crippen molar-refractivity contribution in [2.24, 2.45) is 0 Å². The Bertz CT molecular complexity index is 4130. The maximum atomic E-state index is 14.6. The summed E-state index contributed by atoms with van der Waals surface area (Å²) in [5.74, 6) is -0.508. The number of halogens is 12. The Kier molecular flexibility index (Phi) is 9.73. The minimum atomic E-state index is -4.96. The van der Waals surface area contributed by atoms with E-state index in [1.54, 1.807) is 81.9 Å². The lowest BCUT2D eigenvalue weighted by Gasteiger charge is -2.24. The van der Waals surface area contributed by atoms with Gasteiger partial charge >= 0.3 is 24.7 Å². The van der Waals surface area contributed by atoms with E-state index in [0.29, 0.717) is 43.6 Å². The minimum absolute atomic E-state index is 0.0291. The average molecular weight is 1040 g/mol. The Morgan fingerprint density at radius 1 is 0.303 bits per heavy atom. The van der Waals surface area contributed by atoms with Gasteiger partial charge in [-0.25, -0.2) is 4.98 Å². The van der Waals surface area contributed by atoms with Gasteiger partial charge in [-0.1, -0.05) is 72.8 Å². The molecule has 0 amide bonds. The Labute approximate surface area is 418 Å². The lowest BCUT2D eigenvalue weighted by molar-refractivity contribution is -0.138. The highest BCUT2D eigenvalue weighted by Gasteiger charge is 2.38. The van der Waals surface area contributed by atoms with Gasteiger partial charge in [-0.2, -0.15) is 57.9 Å². The van der Waals surface area contributed by atoms with Crippen molar-refractivity contribution in [1.82, 2.24) is 23.3 Å². The molecule has 0 saturated carbocycles. The standard InChI is InChI=1S/C58H28F12N6/c59-55(60,61)30-17-21-47-38(25-30)39-26-31(56(62,63)64)18-22-48(39)75(47)53-51(73-43-13-5-1-9-34(43)35-10-2-6-14-44(35)73)42(29-71)52(74-45-15-7-3-11-36(45)37-12-4-8-16-46(37)74)54(72-53)76-49-23-19-32(57(65,66)67)27-40(49)41-28-33(58(68,69)70)20-24-50(41)76/h1-28H. The van der Waals surface area contributed by atoms with Crippen LogP contribution in [0.3, 0.4) is 0 Å². The zero-order valence-electron chi connectivity index (χ0n) is 38.4. The molecule has 0 unspecified atom stereocenters. The molecule has 0 N–H and O–H groups in total. The maximum Gasteiger partial charge on any atom is 0.416 e. The fourth-order valence-electron chi connectivity index (χ4n) is 10.9. The third kappa shape index (κ3) is 6.80. The second-order valence-corrected chi connectivity index (χ2v) is 18.3. The zero-order valence-corrected chi connectivity index (χ0v) is 38.4. The largest absolute Gasteiger partial charge is 0.416 e. The fourth-order valence-corrected chi connectivity index (χ4v) is 10.9. The van der Waals surface area contributed by atoms with E-state index in [1.807, 2.05) is 24.3 Å². The number of nitriles is 1. The number of aromatic nitrogens is 5. The molecule has 13 aromatic rings. The molecule has 8 aromatic carbocycles. The number of fused-ring (bicyclic) bond motifs is 12. The number of rotatable bonds is 4. The van der Waals surface area contributed by atoms with Gasteiger partial charge in [-0.05, 0) is 97.1 Å². The van der Waals surface area contributed by atoms with Crippen LogP contribution in [-0.2, 0) is 24.7 Å². The Balaban J connectivity index is 1.32. The van der Waals surface area contributed by atoms with Crippen LogP contribution in [-0.4, -0.2) is 23.3 Å². The van der Waals surface area contributed by atoms with E-state index in [1.165, 1.54) is 9.13 Å². The van der Waals surface area contributed by atoms with Gasteiger partial charge in [0.2, 0.25) is 0 Å². The molecule has 0 aliphatic carbocycles. The zero-order chi connectivity index (χ0) is 53.0. The summed E-state index contributed by atoms with van der Waals surface area (Å²) in [6.45, 7) is 0. The molecule has 5 heterocycles. The molecule has 0 saturated heterocycles. The van der Waals surface area contributed by atoms with Gasteiger partial charge in [-0.15, -0.1) is 0 Å². The Morgan fingerprint density at radius 3 is 0.776 bits per heavy atom. The van der Waals surface area contributed by atoms with Crippen LogP contribution in [0.4, 0.5) is 52.7 Å². The second-order valence-electron chi connectivity index (χ2n) is 18.3. The lowest BCUT2D eigenvalue weighted by atomic mass is 10.1. The van der Waals surface area contributed by atoms with Crippen molar-refractivity contribution in [3.8, 4) is 29.1 Å². The fraction of sp³-hybridized carbons (Fsp3) is 0.0690. The first-order valence-electron chi connectivity index (χ1n) is 23.1. The molecule has 0 fully saturated rings. The first-order valence-corrected chi connectivity index (χ1v) is 23.1. The normalized spacial score (nSPS) is 13.0. The van der Waals surface area contributed by atoms with Crippen molar-refractivity contribution in [3.05, 3.63) is 198 Å². The van der Waals surface area contributed by atoms with Crippen molar-refractivity contribution in [3.63, 3.8) is 0 Å². The van der Waals surface area contributed by atoms with Crippen molar-refractivity contribution >= 4 is 87.2 Å². The van der Waals surface area contributed by atoms with Gasteiger partial charge in [-0.3, -0.25) is 9.13 Å². The molecule has 0 bridgehead atoms. The van der Waals surface area contributed by atoms with Crippen LogP contribution in [0.5, 0.6) is 0 Å².